The van der Waals surface area contributed by atoms with Crippen molar-refractivity contribution in [1.29, 1.82) is 0 Å². The fraction of sp³-hybridized carbons (Fsp3) is 0.446. The minimum atomic E-state index is -1.53. The Kier molecular flexibility index (Phi) is 18.9. The number of carbonyl (C=O) groups is 1. The van der Waals surface area contributed by atoms with Crippen LogP contribution in [-0.4, -0.2) is 158 Å². The zero-order valence-corrected chi connectivity index (χ0v) is 45.8. The Morgan fingerprint density at radius 2 is 1.64 bits per heavy atom. The van der Waals surface area contributed by atoms with E-state index in [1.165, 1.54) is 29.8 Å². The maximum atomic E-state index is 15.8. The third-order valence-electron chi connectivity index (χ3n) is 13.8. The SMILES string of the molecule is COCCOCCOCCOC[C@@]1(F)CC=C(c2nccc(COc3ccc4cc3C[C@H](C(=O)O)Oc3ncnc5sc(-c6ccc(F)cc6)c(c35)-c3c(C)c(Cl)c(c(Cl)c3C)O[C@H](CN3CCN(C)CC3)CO4)n2)CC1. The summed E-state index contributed by atoms with van der Waals surface area (Å²) < 4.78 is 78.1. The van der Waals surface area contributed by atoms with Gasteiger partial charge in [-0.15, -0.1) is 11.3 Å². The van der Waals surface area contributed by atoms with Crippen LogP contribution < -0.4 is 18.9 Å². The Morgan fingerprint density at radius 3 is 2.34 bits per heavy atom. The molecule has 6 aromatic rings. The third-order valence-corrected chi connectivity index (χ3v) is 15.9. The molecular formula is C56H62Cl2F2N6O10S. The van der Waals surface area contributed by atoms with E-state index in [0.29, 0.717) is 123 Å². The van der Waals surface area contributed by atoms with E-state index >= 15 is 4.39 Å². The van der Waals surface area contributed by atoms with Gasteiger partial charge in [0.2, 0.25) is 12.0 Å². The van der Waals surface area contributed by atoms with Gasteiger partial charge in [-0.25, -0.2) is 33.5 Å². The van der Waals surface area contributed by atoms with Gasteiger partial charge in [-0.3, -0.25) is 4.90 Å². The average Bonchev–Trinajstić information content (AvgIpc) is 3.83. The fourth-order valence-corrected chi connectivity index (χ4v) is 11.2. The van der Waals surface area contributed by atoms with Crippen molar-refractivity contribution < 1.29 is 56.6 Å². The number of methoxy groups -OCH3 is 1. The minimum Gasteiger partial charge on any atom is -0.490 e. The molecule has 21 heteroatoms. The largest absolute Gasteiger partial charge is 0.490 e. The van der Waals surface area contributed by atoms with Gasteiger partial charge in [0.1, 0.15) is 53.5 Å². The number of benzene rings is 3. The molecule has 0 radical (unpaired) electrons. The second kappa shape index (κ2) is 25.9. The van der Waals surface area contributed by atoms with Gasteiger partial charge in [0.05, 0.1) is 67.4 Å². The number of thiophene rings is 1. The maximum Gasteiger partial charge on any atom is 0.345 e. The lowest BCUT2D eigenvalue weighted by Gasteiger charge is -2.35. The Bertz CT molecular complexity index is 3030. The molecule has 1 aliphatic carbocycles. The lowest BCUT2D eigenvalue weighted by Crippen LogP contribution is -2.49. The first kappa shape index (κ1) is 56.1. The van der Waals surface area contributed by atoms with Gasteiger partial charge in [0.25, 0.3) is 0 Å². The Morgan fingerprint density at radius 1 is 0.909 bits per heavy atom. The number of carboxylic acid groups (broad SMARTS) is 1. The summed E-state index contributed by atoms with van der Waals surface area (Å²) in [7, 11) is 3.71. The predicted molar refractivity (Wildman–Crippen MR) is 290 cm³/mol. The number of likely N-dealkylation sites (N-methyl/N-ethyl adjacent to an activating group) is 1. The molecule has 3 aromatic heterocycles. The van der Waals surface area contributed by atoms with E-state index in [9.17, 15) is 14.3 Å². The molecule has 410 valence electrons. The quantitative estimate of drug-likeness (QED) is 0.0760. The van der Waals surface area contributed by atoms with E-state index in [4.69, 9.17) is 66.1 Å². The van der Waals surface area contributed by atoms with Gasteiger partial charge in [-0.2, -0.15) is 0 Å². The number of carboxylic acids is 1. The summed E-state index contributed by atoms with van der Waals surface area (Å²) in [5, 5.41) is 11.9. The second-order valence-corrected chi connectivity index (χ2v) is 21.1. The van der Waals surface area contributed by atoms with Crippen LogP contribution in [0.25, 0.3) is 37.4 Å². The molecule has 10 rings (SSSR count). The van der Waals surface area contributed by atoms with Gasteiger partial charge in [0.15, 0.2) is 11.6 Å². The molecule has 4 aliphatic rings. The van der Waals surface area contributed by atoms with Crippen molar-refractivity contribution in [3.05, 3.63) is 111 Å². The number of aliphatic carboxylic acids is 1. The van der Waals surface area contributed by atoms with E-state index in [1.807, 2.05) is 19.9 Å². The van der Waals surface area contributed by atoms with Gasteiger partial charge >= 0.3 is 5.97 Å². The van der Waals surface area contributed by atoms with Crippen molar-refractivity contribution in [2.24, 2.45) is 0 Å². The number of nitrogens with zero attached hydrogens (tertiary/aromatic N) is 6. The van der Waals surface area contributed by atoms with E-state index in [1.54, 1.807) is 49.7 Å². The number of halogens is 4. The number of aromatic nitrogens is 4. The minimum absolute atomic E-state index is 0.00370. The first-order valence-electron chi connectivity index (χ1n) is 25.6. The van der Waals surface area contributed by atoms with E-state index in [2.05, 4.69) is 31.8 Å². The van der Waals surface area contributed by atoms with Crippen molar-refractivity contribution in [3.8, 4) is 44.7 Å². The molecule has 16 nitrogen and oxygen atoms in total. The van der Waals surface area contributed by atoms with Crippen LogP contribution in [0.15, 0.2) is 67.1 Å². The van der Waals surface area contributed by atoms with Gasteiger partial charge < -0.3 is 47.9 Å². The summed E-state index contributed by atoms with van der Waals surface area (Å²) in [5.41, 5.74) is 3.48. The molecule has 3 aromatic carbocycles. The van der Waals surface area contributed by atoms with Crippen molar-refractivity contribution >= 4 is 56.3 Å². The second-order valence-electron chi connectivity index (χ2n) is 19.3. The van der Waals surface area contributed by atoms with Gasteiger partial charge in [-0.05, 0) is 98.0 Å². The first-order valence-corrected chi connectivity index (χ1v) is 27.1. The molecule has 3 atom stereocenters. The van der Waals surface area contributed by atoms with Crippen LogP contribution in [0, 0.1) is 19.7 Å². The molecular weight excluding hydrogens is 1060 g/mol. The highest BCUT2D eigenvalue weighted by molar-refractivity contribution is 7.22. The van der Waals surface area contributed by atoms with Crippen molar-refractivity contribution in [1.82, 2.24) is 29.7 Å². The number of piperazine rings is 1. The number of alkyl halides is 1. The summed E-state index contributed by atoms with van der Waals surface area (Å²) in [6.45, 7) is 10.1. The lowest BCUT2D eigenvalue weighted by atomic mass is 9.87. The molecule has 4 bridgehead atoms. The highest BCUT2D eigenvalue weighted by Gasteiger charge is 2.34. The van der Waals surface area contributed by atoms with Crippen LogP contribution in [0.4, 0.5) is 8.78 Å². The smallest absolute Gasteiger partial charge is 0.345 e. The number of hydrogen-bond acceptors (Lipinski definition) is 16. The zero-order chi connectivity index (χ0) is 54.1. The highest BCUT2D eigenvalue weighted by atomic mass is 35.5. The molecule has 0 unspecified atom stereocenters. The van der Waals surface area contributed by atoms with Crippen LogP contribution in [-0.2, 0) is 36.8 Å². The average molecular weight is 1120 g/mol. The Labute approximate surface area is 460 Å². The third kappa shape index (κ3) is 13.8. The number of ether oxygens (including phenoxy) is 8. The monoisotopic (exact) mass is 1120 g/mol. The van der Waals surface area contributed by atoms with E-state index < -0.39 is 29.7 Å². The maximum absolute atomic E-state index is 15.8. The molecule has 0 spiro atoms. The molecule has 77 heavy (non-hydrogen) atoms. The van der Waals surface area contributed by atoms with E-state index in [0.717, 1.165) is 31.8 Å². The van der Waals surface area contributed by atoms with Crippen LogP contribution in [0.1, 0.15) is 47.5 Å². The molecule has 1 fully saturated rings. The summed E-state index contributed by atoms with van der Waals surface area (Å²) in [6, 6.07) is 13.0. The molecule has 1 saturated heterocycles. The highest BCUT2D eigenvalue weighted by Crippen LogP contribution is 2.53. The summed E-state index contributed by atoms with van der Waals surface area (Å²) in [6.07, 6.45) is 3.32. The van der Waals surface area contributed by atoms with E-state index in [-0.39, 0.29) is 61.6 Å². The fourth-order valence-electron chi connectivity index (χ4n) is 9.54. The molecule has 1 N–H and O–H groups in total. The summed E-state index contributed by atoms with van der Waals surface area (Å²) in [5.74, 6) is -0.118. The van der Waals surface area contributed by atoms with Crippen LogP contribution in [0.2, 0.25) is 10.0 Å². The number of fused-ring (bicyclic) bond motifs is 7. The predicted octanol–water partition coefficient (Wildman–Crippen LogP) is 9.89. The first-order chi connectivity index (χ1) is 37.3. The zero-order valence-electron chi connectivity index (χ0n) is 43.5. The van der Waals surface area contributed by atoms with Crippen LogP contribution >= 0.6 is 34.5 Å². The number of allylic oxidation sites excluding steroid dienone is 2. The van der Waals surface area contributed by atoms with Gasteiger partial charge in [-0.1, -0.05) is 41.4 Å². The van der Waals surface area contributed by atoms with Crippen molar-refractivity contribution in [2.45, 2.75) is 64.0 Å². The number of rotatable bonds is 19. The number of hydrogen-bond donors (Lipinski definition) is 1. The standard InChI is InChI=1S/C56H62Cl2F2N6O10S/c1-34-45-35(2)49(58)50(48(34)57)75-42(29-66-19-17-65(3)18-20-66)31-73-41-9-10-43(38(27-41)28-44(55(67)68)76-53-47-46(45)51(77-54(47)63-33-62-53)36-5-7-39(59)8-6-36)74-30-40-13-16-61-52(64-40)37-11-14-56(60,15-12-37)32-72-26-25-71-24-23-70-22-21-69-4/h5-11,13,16,27,33,42,44H,12,14-15,17-26,28-32H2,1-4H3,(H,67,68)/t42-,44-,56-/m1/s1. The topological polar surface area (TPSA) is 169 Å². The Balaban J connectivity index is 1.00. The molecule has 6 heterocycles. The molecule has 0 saturated carbocycles. The molecule has 3 aliphatic heterocycles. The van der Waals surface area contributed by atoms with Crippen molar-refractivity contribution in [3.63, 3.8) is 0 Å². The van der Waals surface area contributed by atoms with Crippen molar-refractivity contribution in [2.75, 3.05) is 99.7 Å². The van der Waals surface area contributed by atoms with Gasteiger partial charge in [0, 0.05) is 74.9 Å². The van der Waals surface area contributed by atoms with Crippen LogP contribution in [0.5, 0.6) is 23.1 Å². The summed E-state index contributed by atoms with van der Waals surface area (Å²) >= 11 is 16.0. The summed E-state index contributed by atoms with van der Waals surface area (Å²) in [4.78, 5) is 37.7. The lowest BCUT2D eigenvalue weighted by molar-refractivity contribution is -0.145. The normalized spacial score (nSPS) is 19.3. The van der Waals surface area contributed by atoms with Crippen LogP contribution in [0.3, 0.4) is 0 Å². The molecule has 0 amide bonds. The Hall–Kier alpha value is -5.61.